The van der Waals surface area contributed by atoms with Crippen molar-refractivity contribution in [1.82, 2.24) is 15.5 Å². The largest absolute Gasteiger partial charge is 0.463 e. The van der Waals surface area contributed by atoms with E-state index in [4.69, 9.17) is 17.0 Å². The molecule has 3 N–H and O–H groups in total. The van der Waals surface area contributed by atoms with Crippen LogP contribution in [0.5, 0.6) is 0 Å². The zero-order valence-electron chi connectivity index (χ0n) is 18.5. The minimum atomic E-state index is -0.474. The fraction of sp³-hybridized carbons (Fsp3) is 0.292. The van der Waals surface area contributed by atoms with Crippen molar-refractivity contribution in [2.24, 2.45) is 0 Å². The lowest BCUT2D eigenvalue weighted by Gasteiger charge is -2.37. The summed E-state index contributed by atoms with van der Waals surface area (Å²) < 4.78 is 5.31. The van der Waals surface area contributed by atoms with Gasteiger partial charge in [-0.15, -0.1) is 0 Å². The van der Waals surface area contributed by atoms with Crippen molar-refractivity contribution in [3.63, 3.8) is 0 Å². The number of allylic oxidation sites excluding steroid dienone is 1. The highest BCUT2D eigenvalue weighted by atomic mass is 32.1. The van der Waals surface area contributed by atoms with Crippen LogP contribution >= 0.6 is 12.2 Å². The van der Waals surface area contributed by atoms with E-state index in [1.54, 1.807) is 13.0 Å². The summed E-state index contributed by atoms with van der Waals surface area (Å²) in [5, 5.41) is 9.49. The molecule has 2 amide bonds. The number of esters is 1. The van der Waals surface area contributed by atoms with E-state index >= 15 is 0 Å². The number of nitrogens with zero attached hydrogens (tertiary/aromatic N) is 1. The molecule has 0 fully saturated rings. The molecule has 0 aromatic heterocycles. The third-order valence-corrected chi connectivity index (χ3v) is 5.52. The van der Waals surface area contributed by atoms with Gasteiger partial charge in [-0.05, 0) is 56.2 Å². The Morgan fingerprint density at radius 2 is 1.88 bits per heavy atom. The maximum atomic E-state index is 12.8. The SMILES string of the molecule is CCOC(=O)C1=C(C)N(CC)C(=S)N[C@@H]1c1cccc(NC(=O)NCc2ccccc2)c1. The first-order valence-corrected chi connectivity index (χ1v) is 11.0. The molecule has 32 heavy (non-hydrogen) atoms. The van der Waals surface area contributed by atoms with Crippen LogP contribution in [0.2, 0.25) is 0 Å². The highest BCUT2D eigenvalue weighted by molar-refractivity contribution is 7.80. The lowest BCUT2D eigenvalue weighted by molar-refractivity contribution is -0.139. The molecule has 1 aliphatic heterocycles. The Hall–Kier alpha value is -3.39. The Morgan fingerprint density at radius 1 is 1.12 bits per heavy atom. The lowest BCUT2D eigenvalue weighted by Crippen LogP contribution is -2.47. The molecule has 0 radical (unpaired) electrons. The fourth-order valence-corrected chi connectivity index (χ4v) is 4.02. The molecule has 0 saturated heterocycles. The molecule has 0 saturated carbocycles. The second kappa shape index (κ2) is 10.8. The molecule has 1 atom stereocenters. The predicted molar refractivity (Wildman–Crippen MR) is 129 cm³/mol. The van der Waals surface area contributed by atoms with E-state index in [0.717, 1.165) is 16.8 Å². The number of benzene rings is 2. The van der Waals surface area contributed by atoms with Gasteiger partial charge >= 0.3 is 12.0 Å². The Kier molecular flexibility index (Phi) is 7.83. The van der Waals surface area contributed by atoms with Crippen molar-refractivity contribution >= 4 is 35.0 Å². The molecular formula is C24H28N4O3S. The van der Waals surface area contributed by atoms with E-state index in [9.17, 15) is 9.59 Å². The summed E-state index contributed by atoms with van der Waals surface area (Å²) in [6, 6.07) is 16.2. The zero-order valence-corrected chi connectivity index (χ0v) is 19.3. The van der Waals surface area contributed by atoms with Gasteiger partial charge in [-0.2, -0.15) is 0 Å². The molecule has 168 valence electrons. The molecule has 0 unspecified atom stereocenters. The maximum Gasteiger partial charge on any atom is 0.338 e. The summed E-state index contributed by atoms with van der Waals surface area (Å²) in [6.07, 6.45) is 0. The van der Waals surface area contributed by atoms with Gasteiger partial charge in [-0.3, -0.25) is 0 Å². The topological polar surface area (TPSA) is 82.7 Å². The summed E-state index contributed by atoms with van der Waals surface area (Å²) >= 11 is 5.52. The van der Waals surface area contributed by atoms with E-state index in [-0.39, 0.29) is 18.6 Å². The molecule has 7 nitrogen and oxygen atoms in total. The highest BCUT2D eigenvalue weighted by Crippen LogP contribution is 2.32. The van der Waals surface area contributed by atoms with Crippen molar-refractivity contribution in [2.45, 2.75) is 33.4 Å². The van der Waals surface area contributed by atoms with Crippen LogP contribution in [0.1, 0.15) is 37.9 Å². The number of nitrogens with one attached hydrogen (secondary N) is 3. The minimum Gasteiger partial charge on any atom is -0.463 e. The van der Waals surface area contributed by atoms with Crippen LogP contribution in [0.15, 0.2) is 65.9 Å². The molecule has 1 aliphatic rings. The third-order valence-electron chi connectivity index (χ3n) is 5.18. The summed E-state index contributed by atoms with van der Waals surface area (Å²) in [4.78, 5) is 27.0. The molecule has 8 heteroatoms. The molecule has 0 aliphatic carbocycles. The quantitative estimate of drug-likeness (QED) is 0.434. The van der Waals surface area contributed by atoms with Gasteiger partial charge in [0.1, 0.15) is 0 Å². The first-order chi connectivity index (χ1) is 15.4. The zero-order chi connectivity index (χ0) is 23.1. The van der Waals surface area contributed by atoms with Gasteiger partial charge in [0.15, 0.2) is 5.11 Å². The molecule has 2 aromatic rings. The number of hydrogen-bond acceptors (Lipinski definition) is 4. The number of amides is 2. The van der Waals surface area contributed by atoms with Crippen molar-refractivity contribution in [2.75, 3.05) is 18.5 Å². The van der Waals surface area contributed by atoms with E-state index in [1.807, 2.05) is 67.3 Å². The van der Waals surface area contributed by atoms with Crippen LogP contribution in [0, 0.1) is 0 Å². The third kappa shape index (κ3) is 5.45. The monoisotopic (exact) mass is 452 g/mol. The number of carbonyl (C=O) groups is 2. The van der Waals surface area contributed by atoms with Gasteiger partial charge < -0.3 is 25.6 Å². The van der Waals surface area contributed by atoms with Gasteiger partial charge in [-0.25, -0.2) is 9.59 Å². The number of urea groups is 1. The van der Waals surface area contributed by atoms with Gasteiger partial charge in [0.25, 0.3) is 0 Å². The van der Waals surface area contributed by atoms with E-state index < -0.39 is 6.04 Å². The molecule has 2 aromatic carbocycles. The fourth-order valence-electron chi connectivity index (χ4n) is 3.63. The van der Waals surface area contributed by atoms with E-state index in [2.05, 4.69) is 16.0 Å². The van der Waals surface area contributed by atoms with Crippen LogP contribution in [-0.4, -0.2) is 35.2 Å². The average molecular weight is 453 g/mol. The van der Waals surface area contributed by atoms with E-state index in [0.29, 0.717) is 29.5 Å². The maximum absolute atomic E-state index is 12.8. The molecule has 1 heterocycles. The Morgan fingerprint density at radius 3 is 2.56 bits per heavy atom. The Bertz CT molecular complexity index is 1020. The molecular weight excluding hydrogens is 424 g/mol. The number of ether oxygens (including phenoxy) is 1. The highest BCUT2D eigenvalue weighted by Gasteiger charge is 2.34. The molecule has 3 rings (SSSR count). The van der Waals surface area contributed by atoms with Crippen LogP contribution in [0.3, 0.4) is 0 Å². The Labute approximate surface area is 193 Å². The minimum absolute atomic E-state index is 0.280. The lowest BCUT2D eigenvalue weighted by atomic mass is 9.94. The standard InChI is InChI=1S/C24H28N4O3S/c1-4-28-16(3)20(22(29)31-5-2)21(27-24(28)32)18-12-9-13-19(14-18)26-23(30)25-15-17-10-7-6-8-11-17/h6-14,21H,4-5,15H2,1-3H3,(H,27,32)(H2,25,26,30)/t21-/m1/s1. The average Bonchev–Trinajstić information content (AvgIpc) is 2.78. The van der Waals surface area contributed by atoms with Gasteiger partial charge in [0.05, 0.1) is 18.2 Å². The van der Waals surface area contributed by atoms with Gasteiger partial charge in [0.2, 0.25) is 0 Å². The number of hydrogen-bond donors (Lipinski definition) is 3. The number of anilines is 1. The normalized spacial score (nSPS) is 15.8. The van der Waals surface area contributed by atoms with Crippen LogP contribution in [0.4, 0.5) is 10.5 Å². The van der Waals surface area contributed by atoms with Crippen LogP contribution < -0.4 is 16.0 Å². The van der Waals surface area contributed by atoms with Crippen molar-refractivity contribution in [3.8, 4) is 0 Å². The van der Waals surface area contributed by atoms with Crippen LogP contribution in [-0.2, 0) is 16.1 Å². The van der Waals surface area contributed by atoms with Gasteiger partial charge in [-0.1, -0.05) is 42.5 Å². The first kappa shape index (κ1) is 23.3. The summed E-state index contributed by atoms with van der Waals surface area (Å²) in [7, 11) is 0. The second-order valence-corrected chi connectivity index (χ2v) is 7.65. The smallest absolute Gasteiger partial charge is 0.338 e. The van der Waals surface area contributed by atoms with Crippen molar-refractivity contribution in [1.29, 1.82) is 0 Å². The summed E-state index contributed by atoms with van der Waals surface area (Å²) in [6.45, 7) is 6.96. The number of rotatable bonds is 7. The molecule has 0 bridgehead atoms. The van der Waals surface area contributed by atoms with Crippen LogP contribution in [0.25, 0.3) is 0 Å². The van der Waals surface area contributed by atoms with Gasteiger partial charge in [0, 0.05) is 24.5 Å². The molecule has 0 spiro atoms. The summed E-state index contributed by atoms with van der Waals surface area (Å²) in [5.74, 6) is -0.387. The summed E-state index contributed by atoms with van der Waals surface area (Å²) in [5.41, 5.74) is 3.69. The number of carbonyl (C=O) groups excluding carboxylic acids is 2. The Balaban J connectivity index is 1.80. The number of thiocarbonyl (C=S) groups is 1. The second-order valence-electron chi connectivity index (χ2n) is 7.27. The predicted octanol–water partition coefficient (Wildman–Crippen LogP) is 4.10. The first-order valence-electron chi connectivity index (χ1n) is 10.6. The van der Waals surface area contributed by atoms with Crippen molar-refractivity contribution < 1.29 is 14.3 Å². The van der Waals surface area contributed by atoms with E-state index in [1.165, 1.54) is 0 Å². The van der Waals surface area contributed by atoms with Crippen molar-refractivity contribution in [3.05, 3.63) is 77.0 Å².